The minimum Gasteiger partial charge on any atom is -0.481 e. The van der Waals surface area contributed by atoms with E-state index in [2.05, 4.69) is 0 Å². The van der Waals surface area contributed by atoms with Gasteiger partial charge in [-0.15, -0.1) is 0 Å². The van der Waals surface area contributed by atoms with E-state index in [1.54, 1.807) is 12.1 Å². The van der Waals surface area contributed by atoms with Gasteiger partial charge in [-0.25, -0.2) is 0 Å². The Morgan fingerprint density at radius 1 is 1.22 bits per heavy atom. The third kappa shape index (κ3) is 5.23. The van der Waals surface area contributed by atoms with E-state index in [1.165, 1.54) is 0 Å². The molecule has 0 amide bonds. The molecule has 1 aromatic carbocycles. The Labute approximate surface area is 116 Å². The number of nitrogens with zero attached hydrogens (tertiary/aromatic N) is 1. The van der Waals surface area contributed by atoms with E-state index >= 15 is 0 Å². The minimum absolute atomic E-state index is 0.0130. The summed E-state index contributed by atoms with van der Waals surface area (Å²) in [5.74, 6) is -0.855. The molecule has 0 saturated carbocycles. The molecule has 0 radical (unpaired) electrons. The van der Waals surface area contributed by atoms with Crippen molar-refractivity contribution in [1.29, 1.82) is 0 Å². The van der Waals surface area contributed by atoms with Crippen LogP contribution in [-0.4, -0.2) is 40.8 Å². The molecular weight excluding hydrogens is 277 g/mol. The molecular formula is C12H15Cl2NO3. The standard InChI is InChI=1S/C12H15Cl2NO3/c13-10-2-1-9(7-11(10)14)8-15(5-6-16)4-3-12(17)18/h1-2,7,16H,3-6,8H2,(H,17,18). The van der Waals surface area contributed by atoms with Crippen LogP contribution in [-0.2, 0) is 11.3 Å². The molecule has 0 spiro atoms. The Hall–Kier alpha value is -0.810. The van der Waals surface area contributed by atoms with Crippen LogP contribution in [0, 0.1) is 0 Å². The van der Waals surface area contributed by atoms with Gasteiger partial charge < -0.3 is 10.2 Å². The quantitative estimate of drug-likeness (QED) is 0.809. The molecule has 2 N–H and O–H groups in total. The minimum atomic E-state index is -0.855. The van der Waals surface area contributed by atoms with E-state index in [4.69, 9.17) is 33.4 Å². The summed E-state index contributed by atoms with van der Waals surface area (Å²) >= 11 is 11.7. The predicted octanol–water partition coefficient (Wildman–Crippen LogP) is 2.26. The van der Waals surface area contributed by atoms with Gasteiger partial charge in [-0.3, -0.25) is 9.69 Å². The molecule has 0 heterocycles. The summed E-state index contributed by atoms with van der Waals surface area (Å²) in [5, 5.41) is 18.5. The first-order valence-corrected chi connectivity index (χ1v) is 6.27. The number of halogens is 2. The maximum atomic E-state index is 10.5. The number of aliphatic hydroxyl groups excluding tert-OH is 1. The van der Waals surface area contributed by atoms with Gasteiger partial charge in [-0.2, -0.15) is 0 Å². The Kier molecular flexibility index (Phi) is 6.43. The van der Waals surface area contributed by atoms with E-state index in [-0.39, 0.29) is 13.0 Å². The Morgan fingerprint density at radius 3 is 2.50 bits per heavy atom. The molecule has 0 fully saturated rings. The molecule has 0 saturated heterocycles. The van der Waals surface area contributed by atoms with Crippen molar-refractivity contribution in [3.63, 3.8) is 0 Å². The van der Waals surface area contributed by atoms with Crippen LogP contribution in [0.2, 0.25) is 10.0 Å². The summed E-state index contributed by atoms with van der Waals surface area (Å²) < 4.78 is 0. The van der Waals surface area contributed by atoms with Gasteiger partial charge in [0.2, 0.25) is 0 Å². The van der Waals surface area contributed by atoms with E-state index in [1.807, 2.05) is 11.0 Å². The fourth-order valence-corrected chi connectivity index (χ4v) is 1.88. The number of carboxylic acid groups (broad SMARTS) is 1. The van der Waals surface area contributed by atoms with Gasteiger partial charge in [-0.1, -0.05) is 29.3 Å². The molecule has 0 aliphatic heterocycles. The molecule has 4 nitrogen and oxygen atoms in total. The Bertz CT molecular complexity index is 412. The van der Waals surface area contributed by atoms with Crippen LogP contribution in [0.1, 0.15) is 12.0 Å². The van der Waals surface area contributed by atoms with Crippen molar-refractivity contribution in [1.82, 2.24) is 4.90 Å². The van der Waals surface area contributed by atoms with Crippen LogP contribution in [0.5, 0.6) is 0 Å². The Balaban J connectivity index is 2.63. The van der Waals surface area contributed by atoms with E-state index in [0.717, 1.165) is 5.56 Å². The highest BCUT2D eigenvalue weighted by molar-refractivity contribution is 6.42. The topological polar surface area (TPSA) is 60.8 Å². The van der Waals surface area contributed by atoms with Crippen molar-refractivity contribution in [3.8, 4) is 0 Å². The number of rotatable bonds is 7. The SMILES string of the molecule is O=C(O)CCN(CCO)Cc1ccc(Cl)c(Cl)c1. The summed E-state index contributed by atoms with van der Waals surface area (Å²) in [6, 6.07) is 5.28. The second kappa shape index (κ2) is 7.59. The molecule has 100 valence electrons. The van der Waals surface area contributed by atoms with Gasteiger partial charge in [0.05, 0.1) is 23.1 Å². The molecule has 1 aromatic rings. The lowest BCUT2D eigenvalue weighted by molar-refractivity contribution is -0.137. The zero-order valence-corrected chi connectivity index (χ0v) is 11.3. The molecule has 6 heteroatoms. The van der Waals surface area contributed by atoms with E-state index < -0.39 is 5.97 Å². The molecule has 0 bridgehead atoms. The second-order valence-corrected chi connectivity index (χ2v) is 4.71. The van der Waals surface area contributed by atoms with Crippen LogP contribution in [0.4, 0.5) is 0 Å². The van der Waals surface area contributed by atoms with Crippen LogP contribution < -0.4 is 0 Å². The van der Waals surface area contributed by atoms with Gasteiger partial charge in [0.1, 0.15) is 0 Å². The van der Waals surface area contributed by atoms with Gasteiger partial charge in [0.25, 0.3) is 0 Å². The summed E-state index contributed by atoms with van der Waals surface area (Å²) in [7, 11) is 0. The van der Waals surface area contributed by atoms with Crippen LogP contribution in [0.25, 0.3) is 0 Å². The van der Waals surface area contributed by atoms with Crippen molar-refractivity contribution >= 4 is 29.2 Å². The first-order chi connectivity index (χ1) is 8.52. The highest BCUT2D eigenvalue weighted by Gasteiger charge is 2.09. The fraction of sp³-hybridized carbons (Fsp3) is 0.417. The third-order valence-corrected chi connectivity index (χ3v) is 3.19. The zero-order valence-electron chi connectivity index (χ0n) is 9.77. The monoisotopic (exact) mass is 291 g/mol. The van der Waals surface area contributed by atoms with Crippen LogP contribution in [0.3, 0.4) is 0 Å². The molecule has 0 atom stereocenters. The smallest absolute Gasteiger partial charge is 0.304 e. The first-order valence-electron chi connectivity index (χ1n) is 5.52. The number of carbonyl (C=O) groups is 1. The van der Waals surface area contributed by atoms with Crippen molar-refractivity contribution < 1.29 is 15.0 Å². The number of carboxylic acids is 1. The maximum absolute atomic E-state index is 10.5. The average molecular weight is 292 g/mol. The summed E-state index contributed by atoms with van der Waals surface area (Å²) in [4.78, 5) is 12.4. The van der Waals surface area contributed by atoms with Crippen molar-refractivity contribution in [3.05, 3.63) is 33.8 Å². The lowest BCUT2D eigenvalue weighted by Gasteiger charge is -2.20. The normalized spacial score (nSPS) is 10.9. The zero-order chi connectivity index (χ0) is 13.5. The predicted molar refractivity (Wildman–Crippen MR) is 71.1 cm³/mol. The number of aliphatic hydroxyl groups is 1. The van der Waals surface area contributed by atoms with Gasteiger partial charge in [-0.05, 0) is 17.7 Å². The van der Waals surface area contributed by atoms with Crippen molar-refractivity contribution in [2.75, 3.05) is 19.7 Å². The van der Waals surface area contributed by atoms with E-state index in [0.29, 0.717) is 29.7 Å². The second-order valence-electron chi connectivity index (χ2n) is 3.89. The largest absolute Gasteiger partial charge is 0.481 e. The molecule has 0 aliphatic rings. The highest BCUT2D eigenvalue weighted by Crippen LogP contribution is 2.23. The maximum Gasteiger partial charge on any atom is 0.304 e. The van der Waals surface area contributed by atoms with Crippen molar-refractivity contribution in [2.24, 2.45) is 0 Å². The van der Waals surface area contributed by atoms with Crippen LogP contribution >= 0.6 is 23.2 Å². The average Bonchev–Trinajstić information content (AvgIpc) is 2.31. The van der Waals surface area contributed by atoms with Gasteiger partial charge in [0, 0.05) is 19.6 Å². The lowest BCUT2D eigenvalue weighted by Crippen LogP contribution is -2.28. The molecule has 18 heavy (non-hydrogen) atoms. The summed E-state index contributed by atoms with van der Waals surface area (Å²) in [6.45, 7) is 1.33. The molecule has 0 unspecified atom stereocenters. The fourth-order valence-electron chi connectivity index (χ4n) is 1.56. The summed E-state index contributed by atoms with van der Waals surface area (Å²) in [6.07, 6.45) is 0.0430. The number of hydrogen-bond donors (Lipinski definition) is 2. The number of aliphatic carboxylic acids is 1. The van der Waals surface area contributed by atoms with E-state index in [9.17, 15) is 4.79 Å². The van der Waals surface area contributed by atoms with Gasteiger partial charge >= 0.3 is 5.97 Å². The molecule has 1 rings (SSSR count). The Morgan fingerprint density at radius 2 is 1.94 bits per heavy atom. The van der Waals surface area contributed by atoms with Gasteiger partial charge in [0.15, 0.2) is 0 Å². The lowest BCUT2D eigenvalue weighted by atomic mass is 10.2. The molecule has 0 aliphatic carbocycles. The van der Waals surface area contributed by atoms with Crippen LogP contribution in [0.15, 0.2) is 18.2 Å². The highest BCUT2D eigenvalue weighted by atomic mass is 35.5. The first kappa shape index (κ1) is 15.2. The third-order valence-electron chi connectivity index (χ3n) is 2.45. The number of benzene rings is 1. The molecule has 0 aromatic heterocycles. The van der Waals surface area contributed by atoms with Crippen molar-refractivity contribution in [2.45, 2.75) is 13.0 Å². The summed E-state index contributed by atoms with van der Waals surface area (Å²) in [5.41, 5.74) is 0.934. The number of hydrogen-bond acceptors (Lipinski definition) is 3.